The Morgan fingerprint density at radius 2 is 2.35 bits per heavy atom. The smallest absolute Gasteiger partial charge is 0.236 e. The summed E-state index contributed by atoms with van der Waals surface area (Å²) in [5.74, 6) is 0.0955. The molecule has 1 aliphatic rings. The minimum absolute atomic E-state index is 0.0343. The van der Waals surface area contributed by atoms with Gasteiger partial charge in [0.05, 0.1) is 6.54 Å². The lowest BCUT2D eigenvalue weighted by Gasteiger charge is -2.26. The Hall–Kier alpha value is -1.10. The van der Waals surface area contributed by atoms with Gasteiger partial charge >= 0.3 is 0 Å². The Balaban J connectivity index is 1.83. The summed E-state index contributed by atoms with van der Waals surface area (Å²) < 4.78 is 0. The van der Waals surface area contributed by atoms with Crippen molar-refractivity contribution in [1.29, 1.82) is 0 Å². The fourth-order valence-electron chi connectivity index (χ4n) is 2.39. The Morgan fingerprint density at radius 3 is 3.00 bits per heavy atom. The second-order valence-electron chi connectivity index (χ2n) is 5.72. The molecule has 1 aliphatic heterocycles. The molecule has 2 N–H and O–H groups in total. The number of nitrogens with zero attached hydrogens (tertiary/aromatic N) is 1. The van der Waals surface area contributed by atoms with Gasteiger partial charge in [0.1, 0.15) is 0 Å². The van der Waals surface area contributed by atoms with Crippen LogP contribution in [0.2, 0.25) is 5.02 Å². The molecule has 1 atom stereocenters. The minimum atomic E-state index is 0.0343. The molecule has 0 radical (unpaired) electrons. The largest absolute Gasteiger partial charge is 0.340 e. The van der Waals surface area contributed by atoms with Crippen LogP contribution in [0.15, 0.2) is 24.3 Å². The Kier molecular flexibility index (Phi) is 5.02. The van der Waals surface area contributed by atoms with Crippen LogP contribution in [-0.2, 0) is 11.3 Å². The van der Waals surface area contributed by atoms with Crippen molar-refractivity contribution in [2.24, 2.45) is 0 Å². The van der Waals surface area contributed by atoms with Crippen LogP contribution >= 0.6 is 11.6 Å². The highest BCUT2D eigenvalue weighted by atomic mass is 35.5. The number of nitrogens with one attached hydrogen (secondary N) is 2. The van der Waals surface area contributed by atoms with Gasteiger partial charge in [0.25, 0.3) is 0 Å². The zero-order chi connectivity index (χ0) is 14.6. The minimum Gasteiger partial charge on any atom is -0.340 e. The molecule has 2 rings (SSSR count). The summed E-state index contributed by atoms with van der Waals surface area (Å²) in [6.07, 6.45) is 1.05. The van der Waals surface area contributed by atoms with Crippen LogP contribution in [0.4, 0.5) is 0 Å². The molecule has 1 saturated heterocycles. The Morgan fingerprint density at radius 1 is 1.55 bits per heavy atom. The maximum atomic E-state index is 12.1. The molecule has 1 aromatic rings. The van der Waals surface area contributed by atoms with E-state index in [1.54, 1.807) is 4.90 Å². The lowest BCUT2D eigenvalue weighted by molar-refractivity contribution is -0.129. The number of carbonyl (C=O) groups excluding carboxylic acids is 1. The predicted molar refractivity (Wildman–Crippen MR) is 81.8 cm³/mol. The van der Waals surface area contributed by atoms with Crippen LogP contribution in [0, 0.1) is 0 Å². The van der Waals surface area contributed by atoms with E-state index in [0.717, 1.165) is 25.1 Å². The van der Waals surface area contributed by atoms with Crippen LogP contribution in [0.3, 0.4) is 0 Å². The lowest BCUT2D eigenvalue weighted by Crippen LogP contribution is -2.48. The van der Waals surface area contributed by atoms with Crippen molar-refractivity contribution in [3.05, 3.63) is 34.9 Å². The van der Waals surface area contributed by atoms with Crippen LogP contribution in [0.1, 0.15) is 18.9 Å². The summed E-state index contributed by atoms with van der Waals surface area (Å²) in [5, 5.41) is 7.37. The first-order valence-electron chi connectivity index (χ1n) is 6.93. The van der Waals surface area contributed by atoms with Crippen molar-refractivity contribution in [2.45, 2.75) is 25.4 Å². The summed E-state index contributed by atoms with van der Waals surface area (Å²) in [5.41, 5.74) is 1.08. The zero-order valence-corrected chi connectivity index (χ0v) is 12.8. The van der Waals surface area contributed by atoms with Crippen molar-refractivity contribution in [2.75, 3.05) is 26.7 Å². The molecule has 1 unspecified atom stereocenters. The molecule has 0 spiro atoms. The molecule has 0 bridgehead atoms. The predicted octanol–water partition coefficient (Wildman–Crippen LogP) is 1.64. The van der Waals surface area contributed by atoms with Crippen molar-refractivity contribution >= 4 is 17.5 Å². The highest BCUT2D eigenvalue weighted by molar-refractivity contribution is 6.30. The maximum Gasteiger partial charge on any atom is 0.236 e. The van der Waals surface area contributed by atoms with Gasteiger partial charge in [-0.15, -0.1) is 0 Å². The van der Waals surface area contributed by atoms with E-state index >= 15 is 0 Å². The van der Waals surface area contributed by atoms with Crippen molar-refractivity contribution in [1.82, 2.24) is 15.5 Å². The van der Waals surface area contributed by atoms with Crippen molar-refractivity contribution < 1.29 is 4.79 Å². The Labute approximate surface area is 125 Å². The molecule has 4 nitrogen and oxygen atoms in total. The van der Waals surface area contributed by atoms with Gasteiger partial charge in [0, 0.05) is 30.7 Å². The lowest BCUT2D eigenvalue weighted by atomic mass is 10.0. The van der Waals surface area contributed by atoms with Gasteiger partial charge in [-0.05, 0) is 37.6 Å². The fourth-order valence-corrected chi connectivity index (χ4v) is 2.60. The normalized spacial score (nSPS) is 21.9. The summed E-state index contributed by atoms with van der Waals surface area (Å²) in [7, 11) is 1.82. The van der Waals surface area contributed by atoms with Crippen LogP contribution in [0.25, 0.3) is 0 Å². The van der Waals surface area contributed by atoms with E-state index in [2.05, 4.69) is 17.6 Å². The molecule has 1 heterocycles. The summed E-state index contributed by atoms with van der Waals surface area (Å²) in [6, 6.07) is 7.61. The van der Waals surface area contributed by atoms with Gasteiger partial charge < -0.3 is 15.5 Å². The third-order valence-corrected chi connectivity index (χ3v) is 4.00. The van der Waals surface area contributed by atoms with Crippen molar-refractivity contribution in [3.63, 3.8) is 0 Å². The van der Waals surface area contributed by atoms with Crippen LogP contribution in [-0.4, -0.2) is 43.0 Å². The molecule has 110 valence electrons. The second-order valence-corrected chi connectivity index (χ2v) is 6.16. The first-order valence-corrected chi connectivity index (χ1v) is 7.30. The van der Waals surface area contributed by atoms with E-state index in [0.29, 0.717) is 18.1 Å². The SMILES string of the molecule is CN(Cc1cccc(Cl)c1)C(=O)CNC1(C)CCNC1. The fraction of sp³-hybridized carbons (Fsp3) is 0.533. The zero-order valence-electron chi connectivity index (χ0n) is 12.1. The number of halogens is 1. The van der Waals surface area contributed by atoms with E-state index in [1.807, 2.05) is 31.3 Å². The summed E-state index contributed by atoms with van der Waals surface area (Å²) in [6.45, 7) is 5.02. The third-order valence-electron chi connectivity index (χ3n) is 3.77. The molecule has 0 saturated carbocycles. The molecule has 1 amide bonds. The highest BCUT2D eigenvalue weighted by Crippen LogP contribution is 2.14. The Bertz CT molecular complexity index is 472. The number of amides is 1. The number of carbonyl (C=O) groups is 1. The van der Waals surface area contributed by atoms with E-state index in [1.165, 1.54) is 0 Å². The van der Waals surface area contributed by atoms with E-state index in [-0.39, 0.29) is 11.4 Å². The van der Waals surface area contributed by atoms with Crippen LogP contribution in [0.5, 0.6) is 0 Å². The second kappa shape index (κ2) is 6.57. The number of hydrogen-bond donors (Lipinski definition) is 2. The van der Waals surface area contributed by atoms with Gasteiger partial charge in [-0.25, -0.2) is 0 Å². The summed E-state index contributed by atoms with van der Waals surface area (Å²) in [4.78, 5) is 13.9. The van der Waals surface area contributed by atoms with Gasteiger partial charge in [0.15, 0.2) is 0 Å². The summed E-state index contributed by atoms with van der Waals surface area (Å²) >= 11 is 5.95. The topological polar surface area (TPSA) is 44.4 Å². The molecular formula is C15H22ClN3O. The number of hydrogen-bond acceptors (Lipinski definition) is 3. The highest BCUT2D eigenvalue weighted by Gasteiger charge is 2.28. The standard InChI is InChI=1S/C15H22ClN3O/c1-15(6-7-17-11-15)18-9-14(20)19(2)10-12-4-3-5-13(16)8-12/h3-5,8,17-18H,6-7,9-11H2,1-2H3. The van der Waals surface area contributed by atoms with Gasteiger partial charge in [-0.2, -0.15) is 0 Å². The molecule has 1 aromatic carbocycles. The number of benzene rings is 1. The van der Waals surface area contributed by atoms with Crippen LogP contribution < -0.4 is 10.6 Å². The molecular weight excluding hydrogens is 274 g/mol. The first-order chi connectivity index (χ1) is 9.48. The molecule has 0 aliphatic carbocycles. The average Bonchev–Trinajstić information content (AvgIpc) is 2.83. The molecule has 1 fully saturated rings. The van der Waals surface area contributed by atoms with Gasteiger partial charge in [-0.1, -0.05) is 23.7 Å². The van der Waals surface area contributed by atoms with E-state index in [4.69, 9.17) is 11.6 Å². The quantitative estimate of drug-likeness (QED) is 0.868. The van der Waals surface area contributed by atoms with E-state index in [9.17, 15) is 4.79 Å². The van der Waals surface area contributed by atoms with Crippen molar-refractivity contribution in [3.8, 4) is 0 Å². The van der Waals surface area contributed by atoms with Gasteiger partial charge in [0.2, 0.25) is 5.91 Å². The molecule has 0 aromatic heterocycles. The number of likely N-dealkylation sites (N-methyl/N-ethyl adjacent to an activating group) is 1. The third kappa shape index (κ3) is 4.20. The molecule has 5 heteroatoms. The van der Waals surface area contributed by atoms with Gasteiger partial charge in [-0.3, -0.25) is 4.79 Å². The molecule has 20 heavy (non-hydrogen) atoms. The van der Waals surface area contributed by atoms with E-state index < -0.39 is 0 Å². The average molecular weight is 296 g/mol. The first kappa shape index (κ1) is 15.3. The number of rotatable bonds is 5. The maximum absolute atomic E-state index is 12.1. The monoisotopic (exact) mass is 295 g/mol.